The van der Waals surface area contributed by atoms with Gasteiger partial charge in [-0.1, -0.05) is 42.5 Å². The quantitative estimate of drug-likeness (QED) is 0.420. The number of nitrogens with zero attached hydrogens (tertiary/aromatic N) is 4. The molecule has 2 fully saturated rings. The highest BCUT2D eigenvalue weighted by Gasteiger charge is 2.62. The van der Waals surface area contributed by atoms with E-state index in [1.165, 1.54) is 12.0 Å². The second-order valence-electron chi connectivity index (χ2n) is 10.7. The van der Waals surface area contributed by atoms with Gasteiger partial charge in [0, 0.05) is 37.6 Å². The first-order valence-electron chi connectivity index (χ1n) is 14.2. The fourth-order valence-electron chi connectivity index (χ4n) is 5.53. The molecular weight excluding hydrogens is 526 g/mol. The molecule has 5 rings (SSSR count). The Balaban J connectivity index is 1.40. The average molecular weight is 564 g/mol. The molecule has 4 atom stereocenters. The minimum Gasteiger partial charge on any atom is -0.472 e. The third-order valence-corrected chi connectivity index (χ3v) is 7.84. The molecule has 3 heterocycles. The third kappa shape index (κ3) is 6.13. The highest BCUT2D eigenvalue weighted by molar-refractivity contribution is 5.95. The van der Waals surface area contributed by atoms with Crippen LogP contribution in [0, 0.1) is 5.92 Å². The predicted molar refractivity (Wildman–Crippen MR) is 150 cm³/mol. The lowest BCUT2D eigenvalue weighted by atomic mass is 10.1. The fraction of sp³-hybridized carbons (Fsp3) is 0.500. The van der Waals surface area contributed by atoms with E-state index in [1.54, 1.807) is 24.9 Å². The number of hydrogen-bond donors (Lipinski definition) is 1. The zero-order valence-electron chi connectivity index (χ0n) is 23.7. The molecule has 218 valence electrons. The van der Waals surface area contributed by atoms with Crippen LogP contribution in [-0.2, 0) is 14.3 Å². The molecule has 1 aliphatic carbocycles. The lowest BCUT2D eigenvalue weighted by molar-refractivity contribution is -0.149. The van der Waals surface area contributed by atoms with E-state index in [9.17, 15) is 14.4 Å². The molecule has 0 bridgehead atoms. The van der Waals surface area contributed by atoms with Crippen LogP contribution in [0.1, 0.15) is 39.0 Å². The van der Waals surface area contributed by atoms with Gasteiger partial charge >= 0.3 is 18.0 Å². The Morgan fingerprint density at radius 3 is 2.73 bits per heavy atom. The third-order valence-electron chi connectivity index (χ3n) is 7.84. The van der Waals surface area contributed by atoms with Crippen molar-refractivity contribution >= 4 is 17.9 Å². The number of benzene rings is 1. The summed E-state index contributed by atoms with van der Waals surface area (Å²) in [6.07, 6.45) is 6.81. The zero-order valence-corrected chi connectivity index (χ0v) is 23.7. The van der Waals surface area contributed by atoms with Gasteiger partial charge in [-0.2, -0.15) is 9.97 Å². The molecule has 3 amide bonds. The Bertz CT molecular complexity index is 1300. The van der Waals surface area contributed by atoms with Crippen molar-refractivity contribution in [3.8, 4) is 23.1 Å². The number of aromatic nitrogens is 2. The van der Waals surface area contributed by atoms with Crippen LogP contribution in [0.4, 0.5) is 4.79 Å². The van der Waals surface area contributed by atoms with Gasteiger partial charge in [-0.25, -0.2) is 9.59 Å². The second-order valence-corrected chi connectivity index (χ2v) is 10.7. The van der Waals surface area contributed by atoms with Crippen LogP contribution >= 0.6 is 0 Å². The molecule has 1 saturated heterocycles. The molecule has 41 heavy (non-hydrogen) atoms. The van der Waals surface area contributed by atoms with Gasteiger partial charge in [-0.3, -0.25) is 4.79 Å². The number of ether oxygens (including phenoxy) is 3. The smallest absolute Gasteiger partial charge is 0.332 e. The first-order chi connectivity index (χ1) is 19.8. The first kappa shape index (κ1) is 28.4. The van der Waals surface area contributed by atoms with E-state index < -0.39 is 29.6 Å². The van der Waals surface area contributed by atoms with E-state index >= 15 is 0 Å². The number of amides is 3. The van der Waals surface area contributed by atoms with Gasteiger partial charge in [0.25, 0.3) is 0 Å². The van der Waals surface area contributed by atoms with Crippen LogP contribution < -0.4 is 14.8 Å². The average Bonchev–Trinajstić information content (AvgIpc) is 3.51. The van der Waals surface area contributed by atoms with Crippen molar-refractivity contribution in [1.29, 1.82) is 0 Å². The number of esters is 1. The van der Waals surface area contributed by atoms with E-state index in [1.807, 2.05) is 36.4 Å². The molecule has 1 aromatic carbocycles. The molecule has 1 saturated carbocycles. The van der Waals surface area contributed by atoms with Crippen LogP contribution in [0.15, 0.2) is 48.6 Å². The highest BCUT2D eigenvalue weighted by Crippen LogP contribution is 2.46. The monoisotopic (exact) mass is 563 g/mol. The number of carbonyl (C=O) groups excluding carboxylic acids is 3. The maximum absolute atomic E-state index is 13.7. The summed E-state index contributed by atoms with van der Waals surface area (Å²) in [6, 6.07) is 10.4. The van der Waals surface area contributed by atoms with Crippen LogP contribution in [0.3, 0.4) is 0 Å². The number of methoxy groups -OCH3 is 1. The van der Waals surface area contributed by atoms with Gasteiger partial charge in [0.15, 0.2) is 0 Å². The van der Waals surface area contributed by atoms with Crippen molar-refractivity contribution in [2.75, 3.05) is 33.9 Å². The minimum absolute atomic E-state index is 0.140. The Hall–Kier alpha value is -4.15. The Morgan fingerprint density at radius 1 is 1.17 bits per heavy atom. The number of urea groups is 1. The molecule has 1 N–H and O–H groups in total. The SMILES string of the molecule is CCOC(=O)[C@@]12C[C@H]1/C=C\CCCCN(C)C(=O)N1C[C@H](Oc3cc(-c4ccccc4)nc(OC)n3)C[C@H]1C(=O)N2. The van der Waals surface area contributed by atoms with E-state index in [0.29, 0.717) is 18.7 Å². The van der Waals surface area contributed by atoms with Gasteiger partial charge in [-0.15, -0.1) is 0 Å². The number of fused-ring (bicyclic) bond motifs is 2. The number of nitrogens with one attached hydrogen (secondary N) is 1. The van der Waals surface area contributed by atoms with Crippen LogP contribution in [0.5, 0.6) is 11.9 Å². The van der Waals surface area contributed by atoms with Crippen LogP contribution in [0.25, 0.3) is 11.3 Å². The molecule has 0 radical (unpaired) electrons. The molecule has 3 aliphatic rings. The molecule has 0 unspecified atom stereocenters. The Labute approximate surface area is 239 Å². The van der Waals surface area contributed by atoms with Gasteiger partial charge in [-0.05, 0) is 32.6 Å². The molecule has 0 spiro atoms. The Morgan fingerprint density at radius 2 is 1.98 bits per heavy atom. The van der Waals surface area contributed by atoms with Gasteiger partial charge in [0.2, 0.25) is 11.8 Å². The maximum atomic E-state index is 13.7. The van der Waals surface area contributed by atoms with Gasteiger partial charge in [0.05, 0.1) is 26.0 Å². The lowest BCUT2D eigenvalue weighted by Gasteiger charge is -2.30. The zero-order chi connectivity index (χ0) is 29.0. The topological polar surface area (TPSA) is 123 Å². The Kier molecular flexibility index (Phi) is 8.41. The summed E-state index contributed by atoms with van der Waals surface area (Å²) in [5, 5.41) is 2.97. The van der Waals surface area contributed by atoms with Gasteiger partial charge < -0.3 is 29.3 Å². The van der Waals surface area contributed by atoms with Crippen molar-refractivity contribution < 1.29 is 28.6 Å². The molecule has 2 aromatic rings. The summed E-state index contributed by atoms with van der Waals surface area (Å²) in [5.41, 5.74) is 0.384. The fourth-order valence-corrected chi connectivity index (χ4v) is 5.53. The number of hydrogen-bond acceptors (Lipinski definition) is 8. The van der Waals surface area contributed by atoms with Crippen molar-refractivity contribution in [2.24, 2.45) is 5.92 Å². The summed E-state index contributed by atoms with van der Waals surface area (Å²) in [4.78, 5) is 52.2. The summed E-state index contributed by atoms with van der Waals surface area (Å²) < 4.78 is 16.9. The van der Waals surface area contributed by atoms with E-state index in [2.05, 4.69) is 21.4 Å². The van der Waals surface area contributed by atoms with Crippen LogP contribution in [0.2, 0.25) is 0 Å². The van der Waals surface area contributed by atoms with Gasteiger partial charge in [0.1, 0.15) is 17.7 Å². The lowest BCUT2D eigenvalue weighted by Crippen LogP contribution is -2.55. The van der Waals surface area contributed by atoms with E-state index in [0.717, 1.165) is 24.8 Å². The summed E-state index contributed by atoms with van der Waals surface area (Å²) >= 11 is 0. The van der Waals surface area contributed by atoms with Crippen molar-refractivity contribution in [2.45, 2.75) is 56.7 Å². The molecule has 2 aliphatic heterocycles. The first-order valence-corrected chi connectivity index (χ1v) is 14.2. The number of allylic oxidation sites excluding steroid dienone is 1. The summed E-state index contributed by atoms with van der Waals surface area (Å²) in [5.74, 6) is -0.705. The number of carbonyl (C=O) groups is 3. The van der Waals surface area contributed by atoms with Crippen LogP contribution in [-0.4, -0.2) is 89.2 Å². The summed E-state index contributed by atoms with van der Waals surface area (Å²) in [6.45, 7) is 2.72. The predicted octanol–water partition coefficient (Wildman–Crippen LogP) is 3.20. The van der Waals surface area contributed by atoms with E-state index in [4.69, 9.17) is 14.2 Å². The van der Waals surface area contributed by atoms with Crippen molar-refractivity contribution in [3.05, 3.63) is 48.6 Å². The molecule has 1 aromatic heterocycles. The highest BCUT2D eigenvalue weighted by atomic mass is 16.5. The molecule has 11 nitrogen and oxygen atoms in total. The second kappa shape index (κ2) is 12.2. The minimum atomic E-state index is -1.11. The maximum Gasteiger partial charge on any atom is 0.332 e. The largest absolute Gasteiger partial charge is 0.472 e. The molecular formula is C30H37N5O6. The normalized spacial score (nSPS) is 27.1. The van der Waals surface area contributed by atoms with Crippen molar-refractivity contribution in [1.82, 2.24) is 25.1 Å². The van der Waals surface area contributed by atoms with Crippen molar-refractivity contribution in [3.63, 3.8) is 0 Å². The molecule has 11 heteroatoms. The standard InChI is InChI=1S/C30H37N5O6/c1-4-40-27(37)30-18-21(30)14-10-5-6-11-15-34(2)29(38)35-19-22(16-24(35)26(36)33-30)41-25-17-23(31-28(32-25)39-3)20-12-8-7-9-13-20/h7-10,12-14,17,21-22,24H,4-6,11,15-16,18-19H2,1-3H3,(H,33,36)/b14-10-/t21-,22-,24+,30-/m1/s1. The number of rotatable bonds is 6. The van der Waals surface area contributed by atoms with E-state index in [-0.39, 0.29) is 43.4 Å². The summed E-state index contributed by atoms with van der Waals surface area (Å²) in [7, 11) is 3.22.